The Balaban J connectivity index is 4.28. The van der Waals surface area contributed by atoms with Crippen molar-refractivity contribution in [1.29, 1.82) is 0 Å². The molecule has 0 aromatic rings. The summed E-state index contributed by atoms with van der Waals surface area (Å²) < 4.78 is 6.06. The summed E-state index contributed by atoms with van der Waals surface area (Å²) in [5.74, 6) is 0. The Labute approximate surface area is 93.9 Å². The SMILES string of the molecule is C[C@@H](CN=C=S)O[Si](C)(C)C(C)(C)C. The van der Waals surface area contributed by atoms with Crippen molar-refractivity contribution < 1.29 is 4.43 Å². The van der Waals surface area contributed by atoms with Crippen LogP contribution in [0.4, 0.5) is 0 Å². The molecule has 0 aliphatic heterocycles. The van der Waals surface area contributed by atoms with Crippen LogP contribution in [0.2, 0.25) is 18.1 Å². The van der Waals surface area contributed by atoms with Gasteiger partial charge in [-0.25, -0.2) is 4.99 Å². The van der Waals surface area contributed by atoms with Crippen LogP contribution in [0.1, 0.15) is 27.7 Å². The molecule has 0 aliphatic carbocycles. The lowest BCUT2D eigenvalue weighted by atomic mass is 10.2. The van der Waals surface area contributed by atoms with Gasteiger partial charge in [-0.3, -0.25) is 0 Å². The predicted molar refractivity (Wildman–Crippen MR) is 67.6 cm³/mol. The van der Waals surface area contributed by atoms with Crippen molar-refractivity contribution in [2.24, 2.45) is 4.99 Å². The highest BCUT2D eigenvalue weighted by molar-refractivity contribution is 7.78. The Bertz CT molecular complexity index is 229. The summed E-state index contributed by atoms with van der Waals surface area (Å²) in [4.78, 5) is 3.90. The monoisotopic (exact) mass is 231 g/mol. The van der Waals surface area contributed by atoms with Crippen LogP contribution in [-0.4, -0.2) is 26.1 Å². The van der Waals surface area contributed by atoms with E-state index in [1.54, 1.807) is 0 Å². The zero-order chi connectivity index (χ0) is 11.4. The van der Waals surface area contributed by atoms with Crippen LogP contribution < -0.4 is 0 Å². The summed E-state index contributed by atoms with van der Waals surface area (Å²) in [5.41, 5.74) is 0. The van der Waals surface area contributed by atoms with Crippen molar-refractivity contribution in [1.82, 2.24) is 0 Å². The van der Waals surface area contributed by atoms with Gasteiger partial charge in [0.15, 0.2) is 8.32 Å². The first-order chi connectivity index (χ1) is 6.20. The van der Waals surface area contributed by atoms with Crippen molar-refractivity contribution in [2.75, 3.05) is 6.54 Å². The topological polar surface area (TPSA) is 21.6 Å². The summed E-state index contributed by atoms with van der Waals surface area (Å²) in [5, 5.41) is 2.62. The van der Waals surface area contributed by atoms with E-state index in [0.29, 0.717) is 6.54 Å². The van der Waals surface area contributed by atoms with E-state index in [1.165, 1.54) is 0 Å². The highest BCUT2D eigenvalue weighted by Gasteiger charge is 2.38. The van der Waals surface area contributed by atoms with Gasteiger partial charge in [0.25, 0.3) is 0 Å². The van der Waals surface area contributed by atoms with Gasteiger partial charge in [-0.2, -0.15) is 0 Å². The van der Waals surface area contributed by atoms with Crippen LogP contribution in [0.15, 0.2) is 4.99 Å². The first-order valence-corrected chi connectivity index (χ1v) is 8.24. The number of isothiocyanates is 1. The van der Waals surface area contributed by atoms with E-state index in [1.807, 2.05) is 6.92 Å². The second kappa shape index (κ2) is 5.17. The Morgan fingerprint density at radius 3 is 2.29 bits per heavy atom. The van der Waals surface area contributed by atoms with Crippen molar-refractivity contribution in [2.45, 2.75) is 51.9 Å². The molecule has 0 N–H and O–H groups in total. The molecular formula is C10H21NOSSi. The molecule has 0 fully saturated rings. The van der Waals surface area contributed by atoms with Crippen LogP contribution >= 0.6 is 12.2 Å². The van der Waals surface area contributed by atoms with E-state index in [-0.39, 0.29) is 11.1 Å². The molecular weight excluding hydrogens is 210 g/mol. The summed E-state index contributed by atoms with van der Waals surface area (Å²) >= 11 is 4.52. The minimum absolute atomic E-state index is 0.145. The molecule has 0 aliphatic rings. The fraction of sp³-hybridized carbons (Fsp3) is 0.900. The van der Waals surface area contributed by atoms with E-state index < -0.39 is 8.32 Å². The lowest BCUT2D eigenvalue weighted by Crippen LogP contribution is -2.43. The van der Waals surface area contributed by atoms with Crippen LogP contribution in [0.5, 0.6) is 0 Å². The van der Waals surface area contributed by atoms with Gasteiger partial charge in [-0.05, 0) is 37.3 Å². The van der Waals surface area contributed by atoms with Gasteiger partial charge < -0.3 is 4.43 Å². The maximum Gasteiger partial charge on any atom is 0.192 e. The molecule has 14 heavy (non-hydrogen) atoms. The van der Waals surface area contributed by atoms with Crippen molar-refractivity contribution in [3.05, 3.63) is 0 Å². The molecule has 0 bridgehead atoms. The Morgan fingerprint density at radius 2 is 1.93 bits per heavy atom. The van der Waals surface area contributed by atoms with Gasteiger partial charge in [-0.15, -0.1) is 0 Å². The van der Waals surface area contributed by atoms with E-state index in [2.05, 4.69) is 56.2 Å². The molecule has 0 unspecified atom stereocenters. The summed E-state index contributed by atoms with van der Waals surface area (Å²) in [6, 6.07) is 0. The van der Waals surface area contributed by atoms with Crippen molar-refractivity contribution in [3.8, 4) is 0 Å². The molecule has 0 spiro atoms. The normalized spacial score (nSPS) is 14.7. The van der Waals surface area contributed by atoms with Crippen LogP contribution in [0.25, 0.3) is 0 Å². The predicted octanol–water partition coefficient (Wildman–Crippen LogP) is 3.50. The van der Waals surface area contributed by atoms with Gasteiger partial charge in [0, 0.05) is 0 Å². The van der Waals surface area contributed by atoms with E-state index >= 15 is 0 Å². The average molecular weight is 231 g/mol. The Hall–Kier alpha value is -0.0231. The standard InChI is InChI=1S/C10H21NOSSi/c1-9(7-11-8-13)12-14(5,6)10(2,3)4/h9H,7H2,1-6H3/t9-/m0/s1. The summed E-state index contributed by atoms with van der Waals surface area (Å²) in [6.07, 6.45) is 0.145. The molecule has 82 valence electrons. The number of aliphatic imine (C=N–C) groups is 1. The second-order valence-corrected chi connectivity index (χ2v) is 10.1. The molecule has 0 saturated heterocycles. The van der Waals surface area contributed by atoms with Crippen LogP contribution in [0, 0.1) is 0 Å². The number of rotatable bonds is 4. The zero-order valence-electron chi connectivity index (χ0n) is 10.0. The highest BCUT2D eigenvalue weighted by atomic mass is 32.1. The second-order valence-electron chi connectivity index (χ2n) is 5.12. The van der Waals surface area contributed by atoms with E-state index in [0.717, 1.165) is 0 Å². The maximum atomic E-state index is 6.06. The minimum Gasteiger partial charge on any atom is -0.412 e. The number of hydrogen-bond donors (Lipinski definition) is 0. The third-order valence-electron chi connectivity index (χ3n) is 2.71. The number of hydrogen-bond acceptors (Lipinski definition) is 3. The Morgan fingerprint density at radius 1 is 1.43 bits per heavy atom. The quantitative estimate of drug-likeness (QED) is 0.419. The van der Waals surface area contributed by atoms with Gasteiger partial charge in [0.1, 0.15) is 0 Å². The minimum atomic E-state index is -1.64. The number of nitrogens with zero attached hydrogens (tertiary/aromatic N) is 1. The molecule has 0 saturated carbocycles. The largest absolute Gasteiger partial charge is 0.412 e. The van der Waals surface area contributed by atoms with Crippen LogP contribution in [0.3, 0.4) is 0 Å². The smallest absolute Gasteiger partial charge is 0.192 e. The van der Waals surface area contributed by atoms with Gasteiger partial charge in [0.2, 0.25) is 0 Å². The molecule has 0 radical (unpaired) electrons. The average Bonchev–Trinajstić information content (AvgIpc) is 1.97. The first kappa shape index (κ1) is 14.0. The highest BCUT2D eigenvalue weighted by Crippen LogP contribution is 2.37. The van der Waals surface area contributed by atoms with Crippen LogP contribution in [-0.2, 0) is 4.43 Å². The molecule has 0 heterocycles. The maximum absolute atomic E-state index is 6.06. The third kappa shape index (κ3) is 4.47. The molecule has 1 atom stereocenters. The van der Waals surface area contributed by atoms with E-state index in [9.17, 15) is 0 Å². The third-order valence-corrected chi connectivity index (χ3v) is 7.45. The fourth-order valence-electron chi connectivity index (χ4n) is 0.883. The zero-order valence-corrected chi connectivity index (χ0v) is 11.9. The summed E-state index contributed by atoms with van der Waals surface area (Å²) in [6.45, 7) is 13.8. The first-order valence-electron chi connectivity index (χ1n) is 4.92. The van der Waals surface area contributed by atoms with Gasteiger partial charge in [0.05, 0.1) is 17.8 Å². The molecule has 0 rings (SSSR count). The van der Waals surface area contributed by atoms with Gasteiger partial charge >= 0.3 is 0 Å². The van der Waals surface area contributed by atoms with Crippen molar-refractivity contribution >= 4 is 25.7 Å². The lowest BCUT2D eigenvalue weighted by molar-refractivity contribution is 0.207. The van der Waals surface area contributed by atoms with E-state index in [4.69, 9.17) is 4.43 Å². The molecule has 2 nitrogen and oxygen atoms in total. The Kier molecular flexibility index (Phi) is 5.16. The molecule has 0 aromatic carbocycles. The summed E-state index contributed by atoms with van der Waals surface area (Å²) in [7, 11) is -1.64. The molecule has 4 heteroatoms. The molecule has 0 amide bonds. The fourth-order valence-corrected chi connectivity index (χ4v) is 2.39. The number of thiocarbonyl (C=S) groups is 1. The molecule has 0 aromatic heterocycles. The van der Waals surface area contributed by atoms with Crippen molar-refractivity contribution in [3.63, 3.8) is 0 Å². The lowest BCUT2D eigenvalue weighted by Gasteiger charge is -2.38. The van der Waals surface area contributed by atoms with Gasteiger partial charge in [-0.1, -0.05) is 20.8 Å².